The molecule has 1 aromatic carbocycles. The van der Waals surface area contributed by atoms with Crippen LogP contribution >= 0.6 is 11.6 Å². The van der Waals surface area contributed by atoms with E-state index in [0.717, 1.165) is 30.6 Å². The number of hydrogen-bond acceptors (Lipinski definition) is 3. The Balaban J connectivity index is 1.66. The summed E-state index contributed by atoms with van der Waals surface area (Å²) in [5.74, 6) is -0.0374. The Morgan fingerprint density at radius 3 is 2.83 bits per heavy atom. The van der Waals surface area contributed by atoms with Crippen molar-refractivity contribution in [3.8, 4) is 0 Å². The molecule has 2 aromatic rings. The summed E-state index contributed by atoms with van der Waals surface area (Å²) in [4.78, 5) is 14.8. The number of carbonyl (C=O) groups is 1. The molecule has 0 unspecified atom stereocenters. The summed E-state index contributed by atoms with van der Waals surface area (Å²) in [6.07, 6.45) is 3.63. The number of aromatic nitrogens is 2. The van der Waals surface area contributed by atoms with E-state index in [1.54, 1.807) is 23.2 Å². The van der Waals surface area contributed by atoms with Gasteiger partial charge in [0.2, 0.25) is 0 Å². The Morgan fingerprint density at radius 1 is 1.26 bits per heavy atom. The van der Waals surface area contributed by atoms with Gasteiger partial charge < -0.3 is 10.0 Å². The van der Waals surface area contributed by atoms with Gasteiger partial charge in [0.1, 0.15) is 0 Å². The number of likely N-dealkylation sites (tertiary alicyclic amines) is 1. The quantitative estimate of drug-likeness (QED) is 0.919. The van der Waals surface area contributed by atoms with Crippen LogP contribution in [0.5, 0.6) is 0 Å². The molecule has 23 heavy (non-hydrogen) atoms. The fourth-order valence-electron chi connectivity index (χ4n) is 3.66. The number of aliphatic hydroxyl groups is 1. The topological polar surface area (TPSA) is 58.4 Å². The third-order valence-corrected chi connectivity index (χ3v) is 5.05. The molecule has 1 saturated heterocycles. The number of benzene rings is 1. The summed E-state index contributed by atoms with van der Waals surface area (Å²) < 4.78 is 1.91. The van der Waals surface area contributed by atoms with Gasteiger partial charge in [-0.15, -0.1) is 0 Å². The van der Waals surface area contributed by atoms with Crippen LogP contribution in [0.1, 0.15) is 40.5 Å². The summed E-state index contributed by atoms with van der Waals surface area (Å²) in [7, 11) is 0. The van der Waals surface area contributed by atoms with Gasteiger partial charge in [-0.3, -0.25) is 9.48 Å². The van der Waals surface area contributed by atoms with Crippen LogP contribution < -0.4 is 0 Å². The lowest BCUT2D eigenvalue weighted by Crippen LogP contribution is -2.33. The van der Waals surface area contributed by atoms with Crippen LogP contribution in [0.3, 0.4) is 0 Å². The van der Waals surface area contributed by atoms with Gasteiger partial charge in [0, 0.05) is 18.1 Å². The maximum atomic E-state index is 13.0. The molecule has 0 bridgehead atoms. The zero-order valence-corrected chi connectivity index (χ0v) is 13.4. The van der Waals surface area contributed by atoms with E-state index in [2.05, 4.69) is 5.10 Å². The lowest BCUT2D eigenvalue weighted by atomic mass is 10.0. The highest BCUT2D eigenvalue weighted by atomic mass is 35.5. The van der Waals surface area contributed by atoms with Crippen molar-refractivity contribution in [2.45, 2.75) is 38.0 Å². The first-order valence-corrected chi connectivity index (χ1v) is 8.32. The Labute approximate surface area is 139 Å². The highest BCUT2D eigenvalue weighted by Crippen LogP contribution is 2.35. The second-order valence-corrected chi connectivity index (χ2v) is 6.62. The molecule has 2 atom stereocenters. The van der Waals surface area contributed by atoms with Crippen molar-refractivity contribution in [1.29, 1.82) is 0 Å². The monoisotopic (exact) mass is 331 g/mol. The maximum absolute atomic E-state index is 13.0. The molecule has 2 aliphatic heterocycles. The zero-order valence-electron chi connectivity index (χ0n) is 12.7. The highest BCUT2D eigenvalue weighted by molar-refractivity contribution is 6.30. The van der Waals surface area contributed by atoms with Crippen molar-refractivity contribution in [2.75, 3.05) is 6.54 Å². The van der Waals surface area contributed by atoms with E-state index in [1.807, 2.05) is 16.8 Å². The van der Waals surface area contributed by atoms with Gasteiger partial charge in [0.25, 0.3) is 5.91 Å². The minimum absolute atomic E-state index is 0.0374. The van der Waals surface area contributed by atoms with Crippen LogP contribution in [-0.4, -0.2) is 38.3 Å². The number of halogens is 1. The summed E-state index contributed by atoms with van der Waals surface area (Å²) in [5.41, 5.74) is 2.61. The number of rotatable bonds is 2. The molecular formula is C17H18ClN3O2. The largest absolute Gasteiger partial charge is 0.391 e. The SMILES string of the molecule is O=C(c1cnn2c1CCC2)N1CC[C@@H](O)[C@H]1c1ccc(Cl)cc1. The Morgan fingerprint density at radius 2 is 2.04 bits per heavy atom. The standard InChI is InChI=1S/C17H18ClN3O2/c18-12-5-3-11(4-6-12)16-15(22)7-9-20(16)17(23)13-10-19-21-8-1-2-14(13)21/h3-6,10,15-16,22H,1-2,7-9H2/t15-,16-/m1/s1. The van der Waals surface area contributed by atoms with Crippen molar-refractivity contribution in [3.05, 3.63) is 52.3 Å². The molecular weight excluding hydrogens is 314 g/mol. The number of fused-ring (bicyclic) bond motifs is 1. The second kappa shape index (κ2) is 5.65. The Hall–Kier alpha value is -1.85. The predicted octanol–water partition coefficient (Wildman–Crippen LogP) is 2.43. The van der Waals surface area contributed by atoms with Crippen molar-refractivity contribution in [2.24, 2.45) is 0 Å². The zero-order chi connectivity index (χ0) is 16.0. The highest BCUT2D eigenvalue weighted by Gasteiger charge is 2.38. The van der Waals surface area contributed by atoms with E-state index in [-0.39, 0.29) is 11.9 Å². The van der Waals surface area contributed by atoms with Gasteiger partial charge in [-0.05, 0) is 37.0 Å². The van der Waals surface area contributed by atoms with E-state index in [4.69, 9.17) is 11.6 Å². The minimum atomic E-state index is -0.552. The molecule has 5 nitrogen and oxygen atoms in total. The third-order valence-electron chi connectivity index (χ3n) is 4.80. The van der Waals surface area contributed by atoms with E-state index < -0.39 is 6.10 Å². The molecule has 6 heteroatoms. The molecule has 2 aliphatic rings. The fourth-order valence-corrected chi connectivity index (χ4v) is 3.79. The Kier molecular flexibility index (Phi) is 3.62. The average Bonchev–Trinajstić information content (AvgIpc) is 3.22. The van der Waals surface area contributed by atoms with Gasteiger partial charge in [0.15, 0.2) is 0 Å². The lowest BCUT2D eigenvalue weighted by molar-refractivity contribution is 0.0637. The van der Waals surface area contributed by atoms with Crippen LogP contribution in [0.2, 0.25) is 5.02 Å². The summed E-state index contributed by atoms with van der Waals surface area (Å²) in [6.45, 7) is 1.43. The molecule has 1 N–H and O–H groups in total. The molecule has 4 rings (SSSR count). The normalized spacial score (nSPS) is 23.3. The van der Waals surface area contributed by atoms with Crippen molar-refractivity contribution < 1.29 is 9.90 Å². The van der Waals surface area contributed by atoms with E-state index in [9.17, 15) is 9.90 Å². The van der Waals surface area contributed by atoms with Crippen LogP contribution in [-0.2, 0) is 13.0 Å². The molecule has 1 aromatic heterocycles. The van der Waals surface area contributed by atoms with Crippen LogP contribution in [0.15, 0.2) is 30.5 Å². The van der Waals surface area contributed by atoms with Crippen molar-refractivity contribution >= 4 is 17.5 Å². The average molecular weight is 332 g/mol. The summed E-state index contributed by atoms with van der Waals surface area (Å²) in [6, 6.07) is 7.02. The van der Waals surface area contributed by atoms with Crippen LogP contribution in [0.25, 0.3) is 0 Å². The number of nitrogens with zero attached hydrogens (tertiary/aromatic N) is 3. The first-order chi connectivity index (χ1) is 11.1. The van der Waals surface area contributed by atoms with Gasteiger partial charge in [-0.2, -0.15) is 5.10 Å². The van der Waals surface area contributed by atoms with Crippen molar-refractivity contribution in [3.63, 3.8) is 0 Å². The first kappa shape index (κ1) is 14.7. The molecule has 0 spiro atoms. The minimum Gasteiger partial charge on any atom is -0.391 e. The third kappa shape index (κ3) is 2.44. The number of aryl methyl sites for hydroxylation is 1. The summed E-state index contributed by atoms with van der Waals surface area (Å²) >= 11 is 5.94. The van der Waals surface area contributed by atoms with Gasteiger partial charge >= 0.3 is 0 Å². The predicted molar refractivity (Wildman–Crippen MR) is 86.4 cm³/mol. The van der Waals surface area contributed by atoms with Gasteiger partial charge in [-0.25, -0.2) is 0 Å². The maximum Gasteiger partial charge on any atom is 0.257 e. The number of carbonyl (C=O) groups excluding carboxylic acids is 1. The van der Waals surface area contributed by atoms with E-state index in [1.165, 1.54) is 0 Å². The molecule has 0 saturated carbocycles. The molecule has 120 valence electrons. The second-order valence-electron chi connectivity index (χ2n) is 6.18. The summed E-state index contributed by atoms with van der Waals surface area (Å²) in [5, 5.41) is 15.3. The first-order valence-electron chi connectivity index (χ1n) is 7.94. The van der Waals surface area contributed by atoms with E-state index in [0.29, 0.717) is 23.6 Å². The molecule has 0 radical (unpaired) electrons. The molecule has 3 heterocycles. The van der Waals surface area contributed by atoms with Crippen molar-refractivity contribution in [1.82, 2.24) is 14.7 Å². The molecule has 0 aliphatic carbocycles. The number of aliphatic hydroxyl groups excluding tert-OH is 1. The fraction of sp³-hybridized carbons (Fsp3) is 0.412. The van der Waals surface area contributed by atoms with Crippen LogP contribution in [0.4, 0.5) is 0 Å². The van der Waals surface area contributed by atoms with Gasteiger partial charge in [-0.1, -0.05) is 23.7 Å². The van der Waals surface area contributed by atoms with Gasteiger partial charge in [0.05, 0.1) is 29.6 Å². The number of amides is 1. The smallest absolute Gasteiger partial charge is 0.257 e. The molecule has 1 fully saturated rings. The lowest BCUT2D eigenvalue weighted by Gasteiger charge is -2.26. The molecule has 1 amide bonds. The Bertz CT molecular complexity index is 741. The van der Waals surface area contributed by atoms with E-state index >= 15 is 0 Å². The number of hydrogen-bond donors (Lipinski definition) is 1. The van der Waals surface area contributed by atoms with Crippen LogP contribution in [0, 0.1) is 0 Å².